The molecule has 0 aromatic heterocycles. The van der Waals surface area contributed by atoms with E-state index < -0.39 is 34.2 Å². The number of sulfonamides is 1. The molecular formula is C26H26FN3O6S. The van der Waals surface area contributed by atoms with Crippen molar-refractivity contribution in [1.29, 1.82) is 0 Å². The predicted molar refractivity (Wildman–Crippen MR) is 138 cm³/mol. The molecule has 0 saturated heterocycles. The lowest BCUT2D eigenvalue weighted by molar-refractivity contribution is -0.114. The number of rotatable bonds is 11. The number of nitrogens with zero attached hydrogens (tertiary/aromatic N) is 1. The minimum atomic E-state index is -4.33. The van der Waals surface area contributed by atoms with Crippen LogP contribution in [0.15, 0.2) is 84.3 Å². The van der Waals surface area contributed by atoms with Crippen molar-refractivity contribution in [3.05, 3.63) is 90.8 Å². The van der Waals surface area contributed by atoms with E-state index in [0.29, 0.717) is 5.75 Å². The Bertz CT molecular complexity index is 1390. The minimum absolute atomic E-state index is 0.0587. The smallest absolute Gasteiger partial charge is 0.264 e. The maximum Gasteiger partial charge on any atom is 0.264 e. The van der Waals surface area contributed by atoms with E-state index in [1.54, 1.807) is 12.1 Å². The highest BCUT2D eigenvalue weighted by molar-refractivity contribution is 7.92. The van der Waals surface area contributed by atoms with Gasteiger partial charge in [0.1, 0.15) is 12.4 Å². The van der Waals surface area contributed by atoms with E-state index in [4.69, 9.17) is 9.47 Å². The number of halogens is 1. The van der Waals surface area contributed by atoms with Crippen molar-refractivity contribution in [1.82, 2.24) is 5.32 Å². The van der Waals surface area contributed by atoms with E-state index in [1.807, 2.05) is 0 Å². The summed E-state index contributed by atoms with van der Waals surface area (Å²) in [5.74, 6) is -1.25. The molecule has 2 N–H and O–H groups in total. The molecule has 0 heterocycles. The largest absolute Gasteiger partial charge is 0.493 e. The first-order chi connectivity index (χ1) is 17.7. The Kier molecular flexibility index (Phi) is 8.86. The van der Waals surface area contributed by atoms with E-state index >= 15 is 0 Å². The van der Waals surface area contributed by atoms with Gasteiger partial charge in [0.25, 0.3) is 15.9 Å². The van der Waals surface area contributed by atoms with Crippen LogP contribution in [0.1, 0.15) is 10.4 Å². The summed E-state index contributed by atoms with van der Waals surface area (Å²) in [4.78, 5) is 25.4. The fraction of sp³-hybridized carbons (Fsp3) is 0.154. The van der Waals surface area contributed by atoms with Gasteiger partial charge in [0, 0.05) is 12.6 Å². The zero-order valence-corrected chi connectivity index (χ0v) is 21.0. The minimum Gasteiger partial charge on any atom is -0.493 e. The third-order valence-corrected chi connectivity index (χ3v) is 6.97. The second kappa shape index (κ2) is 12.0. The Balaban J connectivity index is 1.96. The average molecular weight is 528 g/mol. The number of nitrogens with one attached hydrogen (secondary N) is 2. The topological polar surface area (TPSA) is 114 Å². The van der Waals surface area contributed by atoms with Crippen LogP contribution in [0.5, 0.6) is 11.5 Å². The van der Waals surface area contributed by atoms with Crippen molar-refractivity contribution in [2.45, 2.75) is 4.90 Å². The number of benzene rings is 3. The predicted octanol–water partition coefficient (Wildman–Crippen LogP) is 3.59. The molecule has 0 radical (unpaired) electrons. The third kappa shape index (κ3) is 6.44. The maximum absolute atomic E-state index is 13.6. The zero-order valence-electron chi connectivity index (χ0n) is 20.2. The normalized spacial score (nSPS) is 10.8. The Morgan fingerprint density at radius 3 is 2.32 bits per heavy atom. The Morgan fingerprint density at radius 2 is 1.68 bits per heavy atom. The molecule has 0 unspecified atom stereocenters. The van der Waals surface area contributed by atoms with Gasteiger partial charge in [-0.1, -0.05) is 18.2 Å². The second-order valence-electron chi connectivity index (χ2n) is 7.60. The first-order valence-electron chi connectivity index (χ1n) is 11.0. The molecule has 2 amide bonds. The number of anilines is 2. The highest BCUT2D eigenvalue weighted by Crippen LogP contribution is 2.32. The molecule has 11 heteroatoms. The van der Waals surface area contributed by atoms with Crippen LogP contribution in [0.2, 0.25) is 0 Å². The molecule has 0 fully saturated rings. The summed E-state index contributed by atoms with van der Waals surface area (Å²) in [6.45, 7) is 3.11. The van der Waals surface area contributed by atoms with Gasteiger partial charge < -0.3 is 20.1 Å². The standard InChI is InChI=1S/C26H26FN3O6S/c1-4-15-28-26(32)21-7-5-6-8-22(21)29-25(31)17-30(19-11-9-18(27)10-12-19)37(33,34)20-13-14-23(35-2)24(16-20)36-3/h4-14,16H,1,15,17H2,2-3H3,(H,28,32)(H,29,31). The first kappa shape index (κ1) is 27.2. The van der Waals surface area contributed by atoms with Crippen molar-refractivity contribution in [3.63, 3.8) is 0 Å². The second-order valence-corrected chi connectivity index (χ2v) is 9.46. The molecular weight excluding hydrogens is 501 g/mol. The maximum atomic E-state index is 13.6. The van der Waals surface area contributed by atoms with E-state index in [2.05, 4.69) is 17.2 Å². The van der Waals surface area contributed by atoms with E-state index in [1.165, 1.54) is 62.8 Å². The van der Waals surface area contributed by atoms with Crippen molar-refractivity contribution < 1.29 is 31.9 Å². The molecule has 3 rings (SSSR count). The van der Waals surface area contributed by atoms with Crippen LogP contribution in [-0.2, 0) is 14.8 Å². The fourth-order valence-corrected chi connectivity index (χ4v) is 4.83. The van der Waals surface area contributed by atoms with Crippen LogP contribution in [0, 0.1) is 5.82 Å². The molecule has 0 aliphatic rings. The quantitative estimate of drug-likeness (QED) is 0.369. The first-order valence-corrected chi connectivity index (χ1v) is 12.4. The number of methoxy groups -OCH3 is 2. The van der Waals surface area contributed by atoms with Crippen LogP contribution < -0.4 is 24.4 Å². The van der Waals surface area contributed by atoms with Gasteiger partial charge in [0.15, 0.2) is 11.5 Å². The van der Waals surface area contributed by atoms with E-state index in [9.17, 15) is 22.4 Å². The van der Waals surface area contributed by atoms with Crippen LogP contribution in [0.3, 0.4) is 0 Å². The molecule has 0 aliphatic heterocycles. The number of hydrogen-bond donors (Lipinski definition) is 2. The number of ether oxygens (including phenoxy) is 2. The van der Waals surface area contributed by atoms with Crippen LogP contribution in [0.25, 0.3) is 0 Å². The molecule has 0 spiro atoms. The lowest BCUT2D eigenvalue weighted by atomic mass is 10.1. The molecule has 0 saturated carbocycles. The molecule has 37 heavy (non-hydrogen) atoms. The van der Waals surface area contributed by atoms with Gasteiger partial charge in [-0.3, -0.25) is 13.9 Å². The monoisotopic (exact) mass is 527 g/mol. The summed E-state index contributed by atoms with van der Waals surface area (Å²) in [5, 5.41) is 5.22. The molecule has 3 aromatic rings. The summed E-state index contributed by atoms with van der Waals surface area (Å²) in [7, 11) is -1.55. The Labute approximate surface area is 214 Å². The molecule has 0 bridgehead atoms. The summed E-state index contributed by atoms with van der Waals surface area (Å²) >= 11 is 0. The van der Waals surface area contributed by atoms with Gasteiger partial charge >= 0.3 is 0 Å². The zero-order chi connectivity index (χ0) is 27.0. The fourth-order valence-electron chi connectivity index (χ4n) is 3.40. The van der Waals surface area contributed by atoms with E-state index in [-0.39, 0.29) is 34.1 Å². The van der Waals surface area contributed by atoms with Crippen molar-refractivity contribution >= 4 is 33.2 Å². The summed E-state index contributed by atoms with van der Waals surface area (Å²) in [5.41, 5.74) is 0.439. The Morgan fingerprint density at radius 1 is 1.00 bits per heavy atom. The van der Waals surface area contributed by atoms with Gasteiger partial charge in [0.05, 0.1) is 36.1 Å². The van der Waals surface area contributed by atoms with Crippen molar-refractivity contribution in [3.8, 4) is 11.5 Å². The van der Waals surface area contributed by atoms with Crippen molar-refractivity contribution in [2.24, 2.45) is 0 Å². The highest BCUT2D eigenvalue weighted by atomic mass is 32.2. The summed E-state index contributed by atoms with van der Waals surface area (Å²) < 4.78 is 52.1. The summed E-state index contributed by atoms with van der Waals surface area (Å²) in [6.07, 6.45) is 1.51. The molecule has 194 valence electrons. The van der Waals surface area contributed by atoms with Crippen molar-refractivity contribution in [2.75, 3.05) is 36.9 Å². The van der Waals surface area contributed by atoms with Gasteiger partial charge in [-0.15, -0.1) is 6.58 Å². The average Bonchev–Trinajstić information content (AvgIpc) is 2.90. The van der Waals surface area contributed by atoms with Gasteiger partial charge in [0.2, 0.25) is 5.91 Å². The highest BCUT2D eigenvalue weighted by Gasteiger charge is 2.29. The van der Waals surface area contributed by atoms with Crippen LogP contribution in [0.4, 0.5) is 15.8 Å². The van der Waals surface area contributed by atoms with Crippen LogP contribution >= 0.6 is 0 Å². The number of hydrogen-bond acceptors (Lipinski definition) is 6. The summed E-state index contributed by atoms with van der Waals surface area (Å²) in [6, 6.07) is 15.0. The molecule has 0 aliphatic carbocycles. The van der Waals surface area contributed by atoms with Gasteiger partial charge in [-0.2, -0.15) is 0 Å². The molecule has 0 atom stereocenters. The molecule has 3 aromatic carbocycles. The number of carbonyl (C=O) groups excluding carboxylic acids is 2. The third-order valence-electron chi connectivity index (χ3n) is 5.20. The SMILES string of the molecule is C=CCNC(=O)c1ccccc1NC(=O)CN(c1ccc(F)cc1)S(=O)(=O)c1ccc(OC)c(OC)c1. The van der Waals surface area contributed by atoms with Gasteiger partial charge in [-0.05, 0) is 48.5 Å². The van der Waals surface area contributed by atoms with Gasteiger partial charge in [-0.25, -0.2) is 12.8 Å². The lowest BCUT2D eigenvalue weighted by Crippen LogP contribution is -2.38. The number of carbonyl (C=O) groups is 2. The number of para-hydroxylation sites is 1. The van der Waals surface area contributed by atoms with E-state index in [0.717, 1.165) is 16.4 Å². The molecule has 9 nitrogen and oxygen atoms in total. The lowest BCUT2D eigenvalue weighted by Gasteiger charge is -2.24. The number of amides is 2. The van der Waals surface area contributed by atoms with Crippen LogP contribution in [-0.4, -0.2) is 47.5 Å². The Hall–Kier alpha value is -4.38.